The second kappa shape index (κ2) is 9.41. The van der Waals surface area contributed by atoms with Gasteiger partial charge in [-0.15, -0.1) is 0 Å². The minimum Gasteiger partial charge on any atom is -0.378 e. The largest absolute Gasteiger partial charge is 0.378 e. The zero-order valence-electron chi connectivity index (χ0n) is 24.6. The highest BCUT2D eigenvalue weighted by Crippen LogP contribution is 2.54. The highest BCUT2D eigenvalue weighted by atomic mass is 32.2. The molecule has 3 amide bonds. The van der Waals surface area contributed by atoms with E-state index in [9.17, 15) is 18.0 Å². The van der Waals surface area contributed by atoms with E-state index < -0.39 is 21.6 Å². The summed E-state index contributed by atoms with van der Waals surface area (Å²) in [6, 6.07) is 8.79. The van der Waals surface area contributed by atoms with Gasteiger partial charge in [0.1, 0.15) is 11.4 Å². The highest BCUT2D eigenvalue weighted by molar-refractivity contribution is 7.92. The van der Waals surface area contributed by atoms with E-state index in [4.69, 9.17) is 4.74 Å². The number of carbonyl (C=O) groups excluding carboxylic acids is 2. The number of hydrogen-bond acceptors (Lipinski definition) is 7. The quantitative estimate of drug-likeness (QED) is 0.474. The number of urea groups is 1. The zero-order chi connectivity index (χ0) is 29.5. The Kier molecular flexibility index (Phi) is 6.19. The highest BCUT2D eigenvalue weighted by Gasteiger charge is 2.53. The Morgan fingerprint density at radius 1 is 1.07 bits per heavy atom. The summed E-state index contributed by atoms with van der Waals surface area (Å²) >= 11 is 0. The van der Waals surface area contributed by atoms with Gasteiger partial charge >= 0.3 is 6.03 Å². The van der Waals surface area contributed by atoms with Gasteiger partial charge in [-0.3, -0.25) is 9.10 Å². The minimum atomic E-state index is -3.51. The first kappa shape index (κ1) is 27.6. The molecule has 5 heterocycles. The first-order valence-electron chi connectivity index (χ1n) is 15.0. The van der Waals surface area contributed by atoms with Crippen LogP contribution in [0.3, 0.4) is 0 Å². The van der Waals surface area contributed by atoms with Gasteiger partial charge in [0.05, 0.1) is 30.3 Å². The SMILES string of the molecule is CC1(C)C(=O)N(c2ccc3c(c2)N(S(C)(=O)=O)CC32CCC2)C(=O)N1Cc1ccnc(NCC23CCC(CC2)OC3)c1. The van der Waals surface area contributed by atoms with Crippen LogP contribution in [0.1, 0.15) is 69.9 Å². The van der Waals surface area contributed by atoms with E-state index in [0.29, 0.717) is 24.0 Å². The number of rotatable bonds is 7. The van der Waals surface area contributed by atoms with Crippen LogP contribution in [-0.2, 0) is 31.5 Å². The second-order valence-electron chi connectivity index (χ2n) is 13.6. The summed E-state index contributed by atoms with van der Waals surface area (Å²) in [7, 11) is -3.51. The van der Waals surface area contributed by atoms with Crippen LogP contribution in [0.25, 0.3) is 0 Å². The van der Waals surface area contributed by atoms with Crippen molar-refractivity contribution < 1.29 is 22.7 Å². The van der Waals surface area contributed by atoms with Crippen molar-refractivity contribution in [1.82, 2.24) is 9.88 Å². The van der Waals surface area contributed by atoms with Crippen LogP contribution in [0.2, 0.25) is 0 Å². The van der Waals surface area contributed by atoms with Gasteiger partial charge in [0.25, 0.3) is 5.91 Å². The van der Waals surface area contributed by atoms with Crippen LogP contribution in [0.5, 0.6) is 0 Å². The van der Waals surface area contributed by atoms with E-state index >= 15 is 0 Å². The molecular formula is C31H39N5O5S. The minimum absolute atomic E-state index is 0.146. The molecule has 2 aromatic rings. The Labute approximate surface area is 247 Å². The summed E-state index contributed by atoms with van der Waals surface area (Å²) in [5.74, 6) is 0.403. The third-order valence-electron chi connectivity index (χ3n) is 10.5. The van der Waals surface area contributed by atoms with Crippen molar-refractivity contribution in [1.29, 1.82) is 0 Å². The van der Waals surface area contributed by atoms with Crippen molar-refractivity contribution in [3.8, 4) is 0 Å². The molecule has 1 spiro atoms. The normalized spacial score (nSPS) is 27.5. The van der Waals surface area contributed by atoms with Gasteiger partial charge in [-0.2, -0.15) is 0 Å². The lowest BCUT2D eigenvalue weighted by molar-refractivity contribution is -0.123. The standard InChI is InChI=1S/C31H39N5O5S/c1-29(2)27(37)36(22-5-6-24-25(16-22)35(42(3,39)40)19-31(24)10-4-11-31)28(38)34(29)17-21-9-14-32-26(15-21)33-18-30-12-7-23(8-13-30)41-20-30/h5-6,9,14-16,23H,4,7-8,10-13,17-20H2,1-3H3,(H,32,33). The maximum Gasteiger partial charge on any atom is 0.332 e. The molecule has 1 N–H and O–H groups in total. The molecule has 4 aliphatic heterocycles. The molecule has 1 aromatic heterocycles. The molecule has 2 saturated carbocycles. The number of ether oxygens (including phenoxy) is 1. The average molecular weight is 594 g/mol. The average Bonchev–Trinajstić information content (AvgIpc) is 3.39. The summed E-state index contributed by atoms with van der Waals surface area (Å²) in [6.07, 6.45) is 10.8. The molecule has 2 aliphatic carbocycles. The molecule has 3 saturated heterocycles. The third kappa shape index (κ3) is 4.30. The van der Waals surface area contributed by atoms with Crippen LogP contribution in [0, 0.1) is 5.41 Å². The van der Waals surface area contributed by atoms with Crippen molar-refractivity contribution in [3.63, 3.8) is 0 Å². The first-order valence-corrected chi connectivity index (χ1v) is 16.8. The number of pyridine rings is 1. The predicted molar refractivity (Wildman–Crippen MR) is 160 cm³/mol. The summed E-state index contributed by atoms with van der Waals surface area (Å²) < 4.78 is 32.8. The number of aromatic nitrogens is 1. The number of fused-ring (bicyclic) bond motifs is 5. The molecule has 224 valence electrons. The van der Waals surface area contributed by atoms with Crippen LogP contribution in [-0.4, -0.2) is 67.8 Å². The van der Waals surface area contributed by atoms with Gasteiger partial charge in [0, 0.05) is 36.7 Å². The number of carbonyl (C=O) groups is 2. The maximum atomic E-state index is 13.9. The summed E-state index contributed by atoms with van der Waals surface area (Å²) in [5, 5.41) is 3.50. The lowest BCUT2D eigenvalue weighted by atomic mass is 9.66. The third-order valence-corrected chi connectivity index (χ3v) is 11.6. The van der Waals surface area contributed by atoms with Gasteiger partial charge in [-0.25, -0.2) is 23.1 Å². The molecule has 2 bridgehead atoms. The molecule has 0 unspecified atom stereocenters. The fourth-order valence-electron chi connectivity index (χ4n) is 7.58. The lowest BCUT2D eigenvalue weighted by Gasteiger charge is -2.46. The molecule has 1 aromatic carbocycles. The van der Waals surface area contributed by atoms with Gasteiger partial charge in [0.2, 0.25) is 10.0 Å². The number of nitrogens with one attached hydrogen (secondary N) is 1. The van der Waals surface area contributed by atoms with Crippen molar-refractivity contribution in [3.05, 3.63) is 47.7 Å². The summed E-state index contributed by atoms with van der Waals surface area (Å²) in [5.41, 5.74) is 1.72. The van der Waals surface area contributed by atoms with Gasteiger partial charge in [0.15, 0.2) is 0 Å². The Balaban J connectivity index is 1.12. The van der Waals surface area contributed by atoms with Crippen molar-refractivity contribution >= 4 is 39.2 Å². The first-order chi connectivity index (χ1) is 19.9. The molecule has 10 nitrogen and oxygen atoms in total. The van der Waals surface area contributed by atoms with Crippen molar-refractivity contribution in [2.24, 2.45) is 5.41 Å². The molecule has 42 heavy (non-hydrogen) atoms. The monoisotopic (exact) mass is 593 g/mol. The van der Waals surface area contributed by atoms with E-state index in [-0.39, 0.29) is 23.3 Å². The summed E-state index contributed by atoms with van der Waals surface area (Å²) in [4.78, 5) is 34.9. The van der Waals surface area contributed by atoms with Crippen LogP contribution >= 0.6 is 0 Å². The summed E-state index contributed by atoms with van der Waals surface area (Å²) in [6.45, 7) is 5.74. The van der Waals surface area contributed by atoms with Gasteiger partial charge < -0.3 is 15.0 Å². The molecule has 0 atom stereocenters. The lowest BCUT2D eigenvalue weighted by Crippen LogP contribution is -2.46. The van der Waals surface area contributed by atoms with Gasteiger partial charge in [-0.05, 0) is 87.8 Å². The van der Waals surface area contributed by atoms with Gasteiger partial charge in [-0.1, -0.05) is 12.5 Å². The fourth-order valence-corrected chi connectivity index (χ4v) is 8.57. The molecule has 0 radical (unpaired) electrons. The number of anilines is 3. The number of nitrogens with zero attached hydrogens (tertiary/aromatic N) is 4. The number of benzene rings is 1. The second-order valence-corrected chi connectivity index (χ2v) is 15.5. The molecule has 8 rings (SSSR count). The Morgan fingerprint density at radius 3 is 2.48 bits per heavy atom. The van der Waals surface area contributed by atoms with Crippen molar-refractivity contribution in [2.75, 3.05) is 40.5 Å². The topological polar surface area (TPSA) is 112 Å². The number of sulfonamides is 1. The van der Waals surface area contributed by atoms with Crippen molar-refractivity contribution in [2.45, 2.75) is 82.4 Å². The smallest absolute Gasteiger partial charge is 0.332 e. The molecule has 11 heteroatoms. The molecule has 5 fully saturated rings. The Bertz CT molecular complexity index is 1550. The van der Waals surface area contributed by atoms with E-state index in [1.807, 2.05) is 18.2 Å². The number of hydrogen-bond donors (Lipinski definition) is 1. The Morgan fingerprint density at radius 2 is 1.83 bits per heavy atom. The van der Waals surface area contributed by atoms with Crippen LogP contribution < -0.4 is 14.5 Å². The maximum absolute atomic E-state index is 13.9. The van der Waals surface area contributed by atoms with Crippen LogP contribution in [0.15, 0.2) is 36.5 Å². The van der Waals surface area contributed by atoms with Crippen LogP contribution in [0.4, 0.5) is 22.0 Å². The number of imide groups is 1. The predicted octanol–water partition coefficient (Wildman–Crippen LogP) is 4.40. The fraction of sp³-hybridized carbons (Fsp3) is 0.581. The molecular weight excluding hydrogens is 554 g/mol. The zero-order valence-corrected chi connectivity index (χ0v) is 25.4. The van der Waals surface area contributed by atoms with E-state index in [1.165, 1.54) is 15.5 Å². The van der Waals surface area contributed by atoms with E-state index in [2.05, 4.69) is 10.3 Å². The number of amides is 3. The van der Waals surface area contributed by atoms with E-state index in [1.54, 1.807) is 37.1 Å². The van der Waals surface area contributed by atoms with E-state index in [0.717, 1.165) is 75.0 Å². The molecule has 6 aliphatic rings. The Hall–Kier alpha value is -3.18.